The van der Waals surface area contributed by atoms with Crippen LogP contribution in [0.2, 0.25) is 5.02 Å². The number of carbonyl (C=O) groups is 1. The van der Waals surface area contributed by atoms with Crippen molar-refractivity contribution in [2.45, 2.75) is 11.8 Å². The molecule has 0 aliphatic rings. The number of likely N-dealkylation sites (N-methyl/N-ethyl adjacent to an activating group) is 1. The van der Waals surface area contributed by atoms with Crippen molar-refractivity contribution in [2.75, 3.05) is 13.6 Å². The molecular weight excluding hydrogens is 508 g/mol. The standard InChI is InChI=1S/C28H23ClN4O3S/c1-4-13-32(3)28(34)20-15-22-24(19-7-10-26-23(14-19)25(29)11-12-30-26)17-33(27(22)31-16-20)37(35,36)21-8-5-18(2)6-9-21/h4-12,14-17H,1,13H2,2-3H3. The minimum atomic E-state index is -3.97. The number of carbonyl (C=O) groups excluding carboxylic acids is 1. The number of aryl methyl sites for hydroxylation is 1. The summed E-state index contributed by atoms with van der Waals surface area (Å²) in [6.07, 6.45) is 6.20. The average Bonchev–Trinajstić information content (AvgIpc) is 3.28. The van der Waals surface area contributed by atoms with Gasteiger partial charge in [0.2, 0.25) is 0 Å². The van der Waals surface area contributed by atoms with E-state index >= 15 is 0 Å². The predicted octanol–water partition coefficient (Wildman–Crippen LogP) is 5.71. The van der Waals surface area contributed by atoms with Gasteiger partial charge in [-0.3, -0.25) is 9.78 Å². The molecule has 5 rings (SSSR count). The molecule has 5 aromatic rings. The number of halogens is 1. The fourth-order valence-corrected chi connectivity index (χ4v) is 5.74. The molecule has 9 heteroatoms. The molecule has 2 aromatic carbocycles. The van der Waals surface area contributed by atoms with Crippen molar-refractivity contribution in [3.05, 3.63) is 102 Å². The second-order valence-electron chi connectivity index (χ2n) is 8.75. The third-order valence-electron chi connectivity index (χ3n) is 6.19. The molecule has 0 unspecified atom stereocenters. The Hall–Kier alpha value is -4.01. The molecule has 0 N–H and O–H groups in total. The quantitative estimate of drug-likeness (QED) is 0.263. The van der Waals surface area contributed by atoms with E-state index in [0.717, 1.165) is 16.5 Å². The molecule has 0 aliphatic carbocycles. The highest BCUT2D eigenvalue weighted by molar-refractivity contribution is 7.90. The van der Waals surface area contributed by atoms with Gasteiger partial charge in [-0.05, 0) is 48.9 Å². The first kappa shape index (κ1) is 24.7. The van der Waals surface area contributed by atoms with E-state index in [4.69, 9.17) is 11.6 Å². The first-order valence-electron chi connectivity index (χ1n) is 11.4. The highest BCUT2D eigenvalue weighted by Crippen LogP contribution is 2.35. The highest BCUT2D eigenvalue weighted by atomic mass is 35.5. The Balaban J connectivity index is 1.77. The van der Waals surface area contributed by atoms with E-state index in [1.54, 1.807) is 61.9 Å². The number of nitrogens with zero attached hydrogens (tertiary/aromatic N) is 4. The summed E-state index contributed by atoms with van der Waals surface area (Å²) < 4.78 is 28.5. The van der Waals surface area contributed by atoms with E-state index in [-0.39, 0.29) is 16.4 Å². The van der Waals surface area contributed by atoms with Gasteiger partial charge in [-0.25, -0.2) is 17.4 Å². The van der Waals surface area contributed by atoms with E-state index in [2.05, 4.69) is 16.5 Å². The zero-order valence-electron chi connectivity index (χ0n) is 20.2. The van der Waals surface area contributed by atoms with E-state index in [0.29, 0.717) is 33.6 Å². The van der Waals surface area contributed by atoms with Crippen molar-refractivity contribution in [2.24, 2.45) is 0 Å². The van der Waals surface area contributed by atoms with Crippen molar-refractivity contribution in [1.29, 1.82) is 0 Å². The lowest BCUT2D eigenvalue weighted by atomic mass is 10.0. The van der Waals surface area contributed by atoms with E-state index in [9.17, 15) is 13.2 Å². The van der Waals surface area contributed by atoms with Crippen LogP contribution < -0.4 is 0 Å². The minimum Gasteiger partial charge on any atom is -0.338 e. The van der Waals surface area contributed by atoms with Crippen molar-refractivity contribution in [3.63, 3.8) is 0 Å². The maximum atomic E-state index is 13.7. The molecule has 0 saturated heterocycles. The summed E-state index contributed by atoms with van der Waals surface area (Å²) in [4.78, 5) is 23.4. The number of benzene rings is 2. The van der Waals surface area contributed by atoms with Gasteiger partial charge in [0.15, 0.2) is 5.65 Å². The number of hydrogen-bond acceptors (Lipinski definition) is 5. The van der Waals surface area contributed by atoms with E-state index < -0.39 is 10.0 Å². The van der Waals surface area contributed by atoms with Gasteiger partial charge in [0.05, 0.1) is 21.0 Å². The van der Waals surface area contributed by atoms with Crippen LogP contribution in [0, 0.1) is 6.92 Å². The fourth-order valence-electron chi connectivity index (χ4n) is 4.21. The lowest BCUT2D eigenvalue weighted by molar-refractivity contribution is 0.0810. The highest BCUT2D eigenvalue weighted by Gasteiger charge is 2.24. The second kappa shape index (κ2) is 9.46. The Morgan fingerprint density at radius 2 is 1.84 bits per heavy atom. The average molecular weight is 531 g/mol. The lowest BCUT2D eigenvalue weighted by Gasteiger charge is -2.14. The Morgan fingerprint density at radius 1 is 1.08 bits per heavy atom. The monoisotopic (exact) mass is 530 g/mol. The number of rotatable bonds is 6. The third kappa shape index (κ3) is 4.39. The van der Waals surface area contributed by atoms with Crippen molar-refractivity contribution in [3.8, 4) is 11.1 Å². The van der Waals surface area contributed by atoms with Crippen LogP contribution in [0.25, 0.3) is 33.1 Å². The Bertz CT molecular complexity index is 1790. The summed E-state index contributed by atoms with van der Waals surface area (Å²) in [5.74, 6) is -0.250. The van der Waals surface area contributed by atoms with Gasteiger partial charge < -0.3 is 4.90 Å². The van der Waals surface area contributed by atoms with Crippen molar-refractivity contribution < 1.29 is 13.2 Å². The third-order valence-corrected chi connectivity index (χ3v) is 8.18. The summed E-state index contributed by atoms with van der Waals surface area (Å²) >= 11 is 6.42. The smallest absolute Gasteiger partial charge is 0.269 e. The topological polar surface area (TPSA) is 85.2 Å². The molecule has 3 heterocycles. The summed E-state index contributed by atoms with van der Waals surface area (Å²) in [5.41, 5.74) is 3.54. The Labute approximate surface area is 219 Å². The molecule has 0 bridgehead atoms. The summed E-state index contributed by atoms with van der Waals surface area (Å²) in [6, 6.07) is 15.5. The number of pyridine rings is 2. The van der Waals surface area contributed by atoms with Crippen molar-refractivity contribution >= 4 is 49.5 Å². The molecule has 1 amide bonds. The van der Waals surface area contributed by atoms with Crippen LogP contribution in [0.15, 0.2) is 90.7 Å². The van der Waals surface area contributed by atoms with Crippen LogP contribution in [-0.2, 0) is 10.0 Å². The molecule has 0 aliphatic heterocycles. The number of fused-ring (bicyclic) bond motifs is 2. The van der Waals surface area contributed by atoms with Gasteiger partial charge in [0, 0.05) is 48.5 Å². The molecule has 0 spiro atoms. The van der Waals surface area contributed by atoms with Crippen LogP contribution >= 0.6 is 11.6 Å². The summed E-state index contributed by atoms with van der Waals surface area (Å²) in [5, 5.41) is 1.78. The normalized spacial score (nSPS) is 11.6. The molecule has 37 heavy (non-hydrogen) atoms. The first-order chi connectivity index (χ1) is 17.7. The largest absolute Gasteiger partial charge is 0.338 e. The maximum absolute atomic E-state index is 13.7. The number of amides is 1. The number of aromatic nitrogens is 3. The van der Waals surface area contributed by atoms with E-state index in [1.165, 1.54) is 15.1 Å². The zero-order valence-corrected chi connectivity index (χ0v) is 21.8. The van der Waals surface area contributed by atoms with Gasteiger partial charge >= 0.3 is 0 Å². The Kier molecular flexibility index (Phi) is 6.31. The van der Waals surface area contributed by atoms with Gasteiger partial charge in [0.1, 0.15) is 0 Å². The zero-order chi connectivity index (χ0) is 26.3. The maximum Gasteiger partial charge on any atom is 0.269 e. The van der Waals surface area contributed by atoms with E-state index in [1.807, 2.05) is 25.1 Å². The molecular formula is C28H23ClN4O3S. The summed E-state index contributed by atoms with van der Waals surface area (Å²) in [6.45, 7) is 5.94. The predicted molar refractivity (Wildman–Crippen MR) is 146 cm³/mol. The fraction of sp³-hybridized carbons (Fsp3) is 0.107. The van der Waals surface area contributed by atoms with Gasteiger partial charge in [0.25, 0.3) is 15.9 Å². The SMILES string of the molecule is C=CCN(C)C(=O)c1cnc2c(c1)c(-c1ccc3nccc(Cl)c3c1)cn2S(=O)(=O)c1ccc(C)cc1. The van der Waals surface area contributed by atoms with Crippen LogP contribution in [0.3, 0.4) is 0 Å². The van der Waals surface area contributed by atoms with Crippen LogP contribution in [-0.4, -0.2) is 46.8 Å². The molecule has 0 radical (unpaired) electrons. The van der Waals surface area contributed by atoms with Crippen LogP contribution in [0.1, 0.15) is 15.9 Å². The molecule has 0 saturated carbocycles. The van der Waals surface area contributed by atoms with Gasteiger partial charge in [-0.15, -0.1) is 6.58 Å². The first-order valence-corrected chi connectivity index (χ1v) is 13.3. The van der Waals surface area contributed by atoms with Gasteiger partial charge in [-0.1, -0.05) is 41.4 Å². The Morgan fingerprint density at radius 3 is 2.57 bits per heavy atom. The van der Waals surface area contributed by atoms with Crippen molar-refractivity contribution in [1.82, 2.24) is 18.8 Å². The van der Waals surface area contributed by atoms with Crippen LogP contribution in [0.4, 0.5) is 0 Å². The van der Waals surface area contributed by atoms with Crippen LogP contribution in [0.5, 0.6) is 0 Å². The minimum absolute atomic E-state index is 0.139. The van der Waals surface area contributed by atoms with Gasteiger partial charge in [-0.2, -0.15) is 0 Å². The number of hydrogen-bond donors (Lipinski definition) is 0. The summed E-state index contributed by atoms with van der Waals surface area (Å²) in [7, 11) is -2.30. The molecule has 3 aromatic heterocycles. The molecule has 0 atom stereocenters. The second-order valence-corrected chi connectivity index (χ2v) is 11.0. The molecule has 7 nitrogen and oxygen atoms in total. The molecule has 186 valence electrons. The molecule has 0 fully saturated rings. The lowest BCUT2D eigenvalue weighted by Crippen LogP contribution is -2.26.